The molecule has 3 atom stereocenters. The van der Waals surface area contributed by atoms with Crippen molar-refractivity contribution in [1.82, 2.24) is 0 Å². The molecule has 16 heavy (non-hydrogen) atoms. The molecule has 2 aliphatic carbocycles. The quantitative estimate of drug-likeness (QED) is 0.589. The van der Waals surface area contributed by atoms with Crippen molar-refractivity contribution in [2.24, 2.45) is 17.3 Å². The first-order chi connectivity index (χ1) is 7.56. The van der Waals surface area contributed by atoms with Gasteiger partial charge in [-0.3, -0.25) is 4.48 Å². The molecule has 88 valence electrons. The third kappa shape index (κ3) is 1.66. The Kier molecular flexibility index (Phi) is 2.13. The maximum atomic E-state index is 2.49. The zero-order valence-electron chi connectivity index (χ0n) is 10.9. The lowest BCUT2D eigenvalue weighted by Gasteiger charge is -2.21. The minimum absolute atomic E-state index is 0.716. The molecule has 0 bridgehead atoms. The van der Waals surface area contributed by atoms with Crippen LogP contribution in [0.3, 0.4) is 0 Å². The SMILES string of the molecule is CCC1C/C=C\[N+](C)(C)/C=C2/CC23CC3C1. The van der Waals surface area contributed by atoms with E-state index in [9.17, 15) is 0 Å². The molecule has 1 heteroatoms. The van der Waals surface area contributed by atoms with E-state index in [0.29, 0.717) is 5.41 Å². The molecular formula is C15H24N+. The molecule has 3 aliphatic rings. The minimum atomic E-state index is 0.716. The van der Waals surface area contributed by atoms with Crippen LogP contribution in [-0.4, -0.2) is 18.6 Å². The molecular weight excluding hydrogens is 194 g/mol. The fraction of sp³-hybridized carbons (Fsp3) is 0.733. The summed E-state index contributed by atoms with van der Waals surface area (Å²) < 4.78 is 0.945. The maximum Gasteiger partial charge on any atom is 0.0998 e. The monoisotopic (exact) mass is 218 g/mol. The fourth-order valence-electron chi connectivity index (χ4n) is 3.57. The number of rotatable bonds is 1. The normalized spacial score (nSPS) is 49.3. The van der Waals surface area contributed by atoms with Crippen molar-refractivity contribution in [3.8, 4) is 0 Å². The minimum Gasteiger partial charge on any atom is -0.276 e. The first-order valence-electron chi connectivity index (χ1n) is 6.79. The maximum absolute atomic E-state index is 2.49. The molecule has 2 saturated carbocycles. The van der Waals surface area contributed by atoms with Gasteiger partial charge in [0.05, 0.1) is 26.5 Å². The van der Waals surface area contributed by atoms with Crippen molar-refractivity contribution in [2.75, 3.05) is 14.1 Å². The molecule has 1 nitrogen and oxygen atoms in total. The van der Waals surface area contributed by atoms with E-state index in [1.165, 1.54) is 32.1 Å². The summed E-state index contributed by atoms with van der Waals surface area (Å²) >= 11 is 0. The lowest BCUT2D eigenvalue weighted by Crippen LogP contribution is -2.26. The molecule has 3 unspecified atom stereocenters. The smallest absolute Gasteiger partial charge is 0.0998 e. The zero-order valence-corrected chi connectivity index (χ0v) is 10.9. The Morgan fingerprint density at radius 1 is 1.44 bits per heavy atom. The number of allylic oxidation sites excluding steroid dienone is 2. The van der Waals surface area contributed by atoms with E-state index in [2.05, 4.69) is 39.5 Å². The van der Waals surface area contributed by atoms with E-state index in [4.69, 9.17) is 0 Å². The van der Waals surface area contributed by atoms with Crippen molar-refractivity contribution < 1.29 is 4.48 Å². The van der Waals surface area contributed by atoms with Crippen LogP contribution in [0.25, 0.3) is 0 Å². The van der Waals surface area contributed by atoms with Gasteiger partial charge >= 0.3 is 0 Å². The molecule has 0 aromatic rings. The Morgan fingerprint density at radius 2 is 2.25 bits per heavy atom. The van der Waals surface area contributed by atoms with Gasteiger partial charge in [0, 0.05) is 5.41 Å². The zero-order chi connectivity index (χ0) is 11.4. The van der Waals surface area contributed by atoms with Gasteiger partial charge in [-0.2, -0.15) is 0 Å². The van der Waals surface area contributed by atoms with Crippen LogP contribution in [-0.2, 0) is 0 Å². The highest BCUT2D eigenvalue weighted by Gasteiger charge is 2.67. The summed E-state index contributed by atoms with van der Waals surface area (Å²) in [7, 11) is 4.57. The Labute approximate surface area is 99.4 Å². The molecule has 0 radical (unpaired) electrons. The van der Waals surface area contributed by atoms with E-state index >= 15 is 0 Å². The third-order valence-corrected chi connectivity index (χ3v) is 4.90. The van der Waals surface area contributed by atoms with Crippen LogP contribution in [0, 0.1) is 17.3 Å². The third-order valence-electron chi connectivity index (χ3n) is 4.90. The summed E-state index contributed by atoms with van der Waals surface area (Å²) in [5, 5.41) is 0. The molecule has 0 saturated heterocycles. The van der Waals surface area contributed by atoms with Crippen LogP contribution in [0.1, 0.15) is 39.0 Å². The van der Waals surface area contributed by atoms with Gasteiger partial charge in [-0.1, -0.05) is 13.3 Å². The Balaban J connectivity index is 1.84. The predicted molar refractivity (Wildman–Crippen MR) is 67.5 cm³/mol. The molecule has 0 aromatic carbocycles. The summed E-state index contributed by atoms with van der Waals surface area (Å²) in [6.45, 7) is 2.35. The second-order valence-corrected chi connectivity index (χ2v) is 6.65. The molecule has 0 aromatic heterocycles. The van der Waals surface area contributed by atoms with Crippen LogP contribution < -0.4 is 0 Å². The van der Waals surface area contributed by atoms with Crippen LogP contribution >= 0.6 is 0 Å². The number of nitrogens with zero attached hydrogens (tertiary/aromatic N) is 1. The van der Waals surface area contributed by atoms with Crippen LogP contribution in [0.2, 0.25) is 0 Å². The van der Waals surface area contributed by atoms with Gasteiger partial charge in [-0.25, -0.2) is 0 Å². The van der Waals surface area contributed by atoms with Gasteiger partial charge in [0.1, 0.15) is 0 Å². The van der Waals surface area contributed by atoms with Crippen molar-refractivity contribution >= 4 is 0 Å². The van der Waals surface area contributed by atoms with Gasteiger partial charge in [0.15, 0.2) is 0 Å². The molecule has 1 aliphatic heterocycles. The molecule has 2 fully saturated rings. The molecule has 3 rings (SSSR count). The first-order valence-corrected chi connectivity index (χ1v) is 6.79. The fourth-order valence-corrected chi connectivity index (χ4v) is 3.57. The van der Waals surface area contributed by atoms with E-state index < -0.39 is 0 Å². The second-order valence-electron chi connectivity index (χ2n) is 6.65. The summed E-state index contributed by atoms with van der Waals surface area (Å²) in [5.74, 6) is 1.97. The first kappa shape index (κ1) is 10.6. The Hall–Kier alpha value is -0.560. The van der Waals surface area contributed by atoms with Gasteiger partial charge in [0.2, 0.25) is 0 Å². The summed E-state index contributed by atoms with van der Waals surface area (Å²) in [5.41, 5.74) is 2.47. The van der Waals surface area contributed by atoms with Gasteiger partial charge in [0.25, 0.3) is 0 Å². The van der Waals surface area contributed by atoms with Crippen molar-refractivity contribution in [1.29, 1.82) is 0 Å². The topological polar surface area (TPSA) is 0 Å². The van der Waals surface area contributed by atoms with Crippen molar-refractivity contribution in [2.45, 2.75) is 39.0 Å². The number of hydrogen-bond donors (Lipinski definition) is 0. The summed E-state index contributed by atoms with van der Waals surface area (Å²) in [6.07, 6.45) is 14.3. The van der Waals surface area contributed by atoms with Crippen LogP contribution in [0.4, 0.5) is 0 Å². The van der Waals surface area contributed by atoms with Crippen LogP contribution in [0.5, 0.6) is 0 Å². The highest BCUT2D eigenvalue weighted by Crippen LogP contribution is 2.76. The van der Waals surface area contributed by atoms with Gasteiger partial charge < -0.3 is 0 Å². The largest absolute Gasteiger partial charge is 0.276 e. The lowest BCUT2D eigenvalue weighted by molar-refractivity contribution is -0.784. The van der Waals surface area contributed by atoms with E-state index in [-0.39, 0.29) is 0 Å². The summed E-state index contributed by atoms with van der Waals surface area (Å²) in [4.78, 5) is 0. The summed E-state index contributed by atoms with van der Waals surface area (Å²) in [6, 6.07) is 0. The molecule has 0 amide bonds. The van der Waals surface area contributed by atoms with Crippen LogP contribution in [0.15, 0.2) is 24.0 Å². The van der Waals surface area contributed by atoms with E-state index in [1.807, 2.05) is 0 Å². The molecule has 0 N–H and O–H groups in total. The van der Waals surface area contributed by atoms with E-state index in [0.717, 1.165) is 16.3 Å². The Bertz CT molecular complexity index is 364. The second kappa shape index (κ2) is 3.22. The highest BCUT2D eigenvalue weighted by molar-refractivity contribution is 5.41. The van der Waals surface area contributed by atoms with E-state index in [1.54, 1.807) is 5.57 Å². The average molecular weight is 218 g/mol. The van der Waals surface area contributed by atoms with Crippen molar-refractivity contribution in [3.05, 3.63) is 24.0 Å². The Morgan fingerprint density at radius 3 is 3.00 bits per heavy atom. The molecule has 1 heterocycles. The standard InChI is InChI=1S/C15H24N/c1-4-12-6-5-7-16(2,3)11-14-10-15(14)9-13(15)8-12/h5,7,11-13H,4,6,8-10H2,1-3H3/q+1/b7-5-,14-11-. The lowest BCUT2D eigenvalue weighted by atomic mass is 9.94. The average Bonchev–Trinajstić information content (AvgIpc) is 3.05. The number of quaternary nitrogens is 1. The predicted octanol–water partition coefficient (Wildman–Crippen LogP) is 3.69. The highest BCUT2D eigenvalue weighted by atomic mass is 15.3. The van der Waals surface area contributed by atoms with Gasteiger partial charge in [-0.15, -0.1) is 0 Å². The number of hydrogen-bond acceptors (Lipinski definition) is 0. The molecule has 1 spiro atoms. The van der Waals surface area contributed by atoms with Gasteiger partial charge in [-0.05, 0) is 49.2 Å². The van der Waals surface area contributed by atoms with Crippen molar-refractivity contribution in [3.63, 3.8) is 0 Å².